The molecule has 0 saturated heterocycles. The minimum absolute atomic E-state index is 0.0851. The minimum Gasteiger partial charge on any atom is -0.268 e. The quantitative estimate of drug-likeness (QED) is 0.914. The molecule has 0 aliphatic carbocycles. The number of nitrogens with zero attached hydrogens (tertiary/aromatic N) is 1. The number of carbonyl (C=O) groups excluding carboxylic acids is 1. The van der Waals surface area contributed by atoms with E-state index in [1.54, 1.807) is 19.1 Å². The Morgan fingerprint density at radius 1 is 1.08 bits per heavy atom. The Labute approximate surface area is 148 Å². The van der Waals surface area contributed by atoms with Crippen molar-refractivity contribution in [2.45, 2.75) is 38.0 Å². The first-order chi connectivity index (χ1) is 11.5. The Bertz CT molecular complexity index is 948. The number of nitriles is 1. The fourth-order valence-corrected chi connectivity index (χ4v) is 3.53. The molecule has 130 valence electrons. The van der Waals surface area contributed by atoms with Crippen LogP contribution in [0.2, 0.25) is 0 Å². The third kappa shape index (κ3) is 4.25. The summed E-state index contributed by atoms with van der Waals surface area (Å²) in [5.41, 5.74) is 1.78. The number of carbonyl (C=O) groups is 1. The summed E-state index contributed by atoms with van der Waals surface area (Å²) in [7, 11) is -4.00. The third-order valence-electron chi connectivity index (χ3n) is 3.85. The maximum absolute atomic E-state index is 12.7. The maximum Gasteiger partial charge on any atom is 0.264 e. The second-order valence-corrected chi connectivity index (χ2v) is 8.50. The van der Waals surface area contributed by atoms with Gasteiger partial charge in [0.05, 0.1) is 16.5 Å². The normalized spacial score (nSPS) is 11.6. The van der Waals surface area contributed by atoms with Crippen molar-refractivity contribution in [1.82, 2.24) is 4.72 Å². The van der Waals surface area contributed by atoms with Crippen LogP contribution in [0.4, 0.5) is 0 Å². The number of hydrogen-bond donors (Lipinski definition) is 1. The van der Waals surface area contributed by atoms with Crippen molar-refractivity contribution in [1.29, 1.82) is 5.26 Å². The monoisotopic (exact) mass is 356 g/mol. The van der Waals surface area contributed by atoms with E-state index in [1.165, 1.54) is 24.3 Å². The molecule has 0 aromatic heterocycles. The maximum atomic E-state index is 12.7. The molecular weight excluding hydrogens is 336 g/mol. The highest BCUT2D eigenvalue weighted by Crippen LogP contribution is 2.26. The average molecular weight is 356 g/mol. The highest BCUT2D eigenvalue weighted by atomic mass is 32.2. The van der Waals surface area contributed by atoms with Crippen molar-refractivity contribution in [2.75, 3.05) is 0 Å². The smallest absolute Gasteiger partial charge is 0.264 e. The van der Waals surface area contributed by atoms with Crippen LogP contribution in [0.5, 0.6) is 0 Å². The molecule has 0 atom stereocenters. The summed E-state index contributed by atoms with van der Waals surface area (Å²) < 4.78 is 27.4. The molecule has 2 rings (SSSR count). The van der Waals surface area contributed by atoms with Crippen molar-refractivity contribution in [3.05, 3.63) is 64.7 Å². The lowest BCUT2D eigenvalue weighted by molar-refractivity contribution is 0.0981. The molecule has 0 radical (unpaired) electrons. The number of benzene rings is 2. The SMILES string of the molecule is Cc1ccc(C(C)(C)C)cc1S(=O)(=O)NC(=O)c1ccc(C#N)cc1. The van der Waals surface area contributed by atoms with Gasteiger partial charge in [0.15, 0.2) is 0 Å². The average Bonchev–Trinajstić information content (AvgIpc) is 2.53. The molecule has 0 fully saturated rings. The number of nitrogens with one attached hydrogen (secondary N) is 1. The molecule has 1 N–H and O–H groups in total. The Hall–Kier alpha value is -2.65. The van der Waals surface area contributed by atoms with E-state index in [0.29, 0.717) is 11.1 Å². The first-order valence-electron chi connectivity index (χ1n) is 7.73. The topological polar surface area (TPSA) is 87.0 Å². The highest BCUT2D eigenvalue weighted by Gasteiger charge is 2.23. The van der Waals surface area contributed by atoms with Crippen LogP contribution in [0.25, 0.3) is 0 Å². The van der Waals surface area contributed by atoms with Crippen molar-refractivity contribution in [3.63, 3.8) is 0 Å². The number of amides is 1. The van der Waals surface area contributed by atoms with Crippen molar-refractivity contribution >= 4 is 15.9 Å². The molecule has 0 spiro atoms. The van der Waals surface area contributed by atoms with Gasteiger partial charge in [0.1, 0.15) is 0 Å². The van der Waals surface area contributed by atoms with Crippen LogP contribution in [-0.4, -0.2) is 14.3 Å². The van der Waals surface area contributed by atoms with Gasteiger partial charge in [-0.05, 0) is 53.8 Å². The van der Waals surface area contributed by atoms with E-state index >= 15 is 0 Å². The Morgan fingerprint density at radius 3 is 2.20 bits per heavy atom. The van der Waals surface area contributed by atoms with Gasteiger partial charge >= 0.3 is 0 Å². The molecule has 0 saturated carbocycles. The zero-order valence-electron chi connectivity index (χ0n) is 14.6. The van der Waals surface area contributed by atoms with Crippen LogP contribution >= 0.6 is 0 Å². The molecule has 2 aromatic carbocycles. The van der Waals surface area contributed by atoms with Gasteiger partial charge in [-0.15, -0.1) is 0 Å². The highest BCUT2D eigenvalue weighted by molar-refractivity contribution is 7.90. The molecular formula is C19H20N2O3S. The van der Waals surface area contributed by atoms with Crippen LogP contribution in [0.15, 0.2) is 47.4 Å². The van der Waals surface area contributed by atoms with Gasteiger partial charge in [0.25, 0.3) is 15.9 Å². The van der Waals surface area contributed by atoms with Crippen LogP contribution in [0.1, 0.15) is 47.8 Å². The summed E-state index contributed by atoms with van der Waals surface area (Å²) in [5.74, 6) is -0.731. The minimum atomic E-state index is -4.00. The lowest BCUT2D eigenvalue weighted by Gasteiger charge is -2.20. The van der Waals surface area contributed by atoms with Crippen molar-refractivity contribution < 1.29 is 13.2 Å². The van der Waals surface area contributed by atoms with Crippen LogP contribution < -0.4 is 4.72 Å². The van der Waals surface area contributed by atoms with Gasteiger partial charge < -0.3 is 0 Å². The van der Waals surface area contributed by atoms with Gasteiger partial charge in [-0.2, -0.15) is 5.26 Å². The van der Waals surface area contributed by atoms with E-state index in [9.17, 15) is 13.2 Å². The molecule has 0 heterocycles. The van der Waals surface area contributed by atoms with Gasteiger partial charge in [-0.25, -0.2) is 13.1 Å². The molecule has 5 nitrogen and oxygen atoms in total. The van der Waals surface area contributed by atoms with Gasteiger partial charge in [0.2, 0.25) is 0 Å². The summed E-state index contributed by atoms with van der Waals surface area (Å²) in [6, 6.07) is 12.9. The largest absolute Gasteiger partial charge is 0.268 e. The van der Waals surface area contributed by atoms with E-state index in [4.69, 9.17) is 5.26 Å². The molecule has 0 aliphatic heterocycles. The Balaban J connectivity index is 2.35. The van der Waals surface area contributed by atoms with Gasteiger partial charge in [-0.3, -0.25) is 4.79 Å². The second kappa shape index (κ2) is 6.69. The zero-order chi connectivity index (χ0) is 18.8. The summed E-state index contributed by atoms with van der Waals surface area (Å²) in [6.07, 6.45) is 0. The van der Waals surface area contributed by atoms with Gasteiger partial charge in [-0.1, -0.05) is 32.9 Å². The second-order valence-electron chi connectivity index (χ2n) is 6.85. The first kappa shape index (κ1) is 18.7. The van der Waals surface area contributed by atoms with Crippen molar-refractivity contribution in [3.8, 4) is 6.07 Å². The summed E-state index contributed by atoms with van der Waals surface area (Å²) in [4.78, 5) is 12.3. The van der Waals surface area contributed by atoms with E-state index in [1.807, 2.05) is 32.9 Å². The number of aryl methyl sites for hydroxylation is 1. The Morgan fingerprint density at radius 2 is 1.68 bits per heavy atom. The molecule has 0 bridgehead atoms. The molecule has 25 heavy (non-hydrogen) atoms. The number of rotatable bonds is 3. The molecule has 2 aromatic rings. The van der Waals surface area contributed by atoms with Crippen LogP contribution in [0.3, 0.4) is 0 Å². The van der Waals surface area contributed by atoms with Crippen molar-refractivity contribution in [2.24, 2.45) is 0 Å². The fourth-order valence-electron chi connectivity index (χ4n) is 2.29. The third-order valence-corrected chi connectivity index (χ3v) is 5.32. The molecule has 0 aliphatic rings. The van der Waals surface area contributed by atoms with Crippen LogP contribution in [-0.2, 0) is 15.4 Å². The van der Waals surface area contributed by atoms with Gasteiger partial charge in [0, 0.05) is 5.56 Å². The standard InChI is InChI=1S/C19H20N2O3S/c1-13-5-10-16(19(2,3)4)11-17(13)25(23,24)21-18(22)15-8-6-14(12-20)7-9-15/h5-11H,1-4H3,(H,21,22). The summed E-state index contributed by atoms with van der Waals surface area (Å²) >= 11 is 0. The summed E-state index contributed by atoms with van der Waals surface area (Å²) in [6.45, 7) is 7.66. The number of sulfonamides is 1. The molecule has 6 heteroatoms. The fraction of sp³-hybridized carbons (Fsp3) is 0.263. The lowest BCUT2D eigenvalue weighted by atomic mass is 9.87. The predicted molar refractivity (Wildman–Crippen MR) is 95.7 cm³/mol. The summed E-state index contributed by atoms with van der Waals surface area (Å²) in [5, 5.41) is 8.78. The van der Waals surface area contributed by atoms with E-state index in [-0.39, 0.29) is 15.9 Å². The predicted octanol–water partition coefficient (Wildman–Crippen LogP) is 3.28. The van der Waals surface area contributed by atoms with Crippen LogP contribution in [0, 0.1) is 18.3 Å². The first-order valence-corrected chi connectivity index (χ1v) is 9.21. The molecule has 1 amide bonds. The number of hydrogen-bond acceptors (Lipinski definition) is 4. The zero-order valence-corrected chi connectivity index (χ0v) is 15.4. The van der Waals surface area contributed by atoms with E-state index in [0.717, 1.165) is 5.56 Å². The van der Waals surface area contributed by atoms with E-state index < -0.39 is 15.9 Å². The van der Waals surface area contributed by atoms with E-state index in [2.05, 4.69) is 4.72 Å². The molecule has 0 unspecified atom stereocenters. The Kier molecular flexibility index (Phi) is 5.00. The lowest BCUT2D eigenvalue weighted by Crippen LogP contribution is -2.31.